The third-order valence-corrected chi connectivity index (χ3v) is 5.76. The van der Waals surface area contributed by atoms with Gasteiger partial charge in [-0.15, -0.1) is 0 Å². The number of nitrogens with zero attached hydrogens (tertiary/aromatic N) is 2. The zero-order valence-corrected chi connectivity index (χ0v) is 17.4. The van der Waals surface area contributed by atoms with Crippen LogP contribution in [-0.4, -0.2) is 40.9 Å². The summed E-state index contributed by atoms with van der Waals surface area (Å²) in [5.41, 5.74) is 1.95. The highest BCUT2D eigenvalue weighted by atomic mass is 16.2. The minimum atomic E-state index is -0.0924. The Morgan fingerprint density at radius 3 is 2.21 bits per heavy atom. The van der Waals surface area contributed by atoms with Crippen molar-refractivity contribution in [1.82, 2.24) is 9.80 Å². The summed E-state index contributed by atoms with van der Waals surface area (Å²) in [5.74, 6) is 0.194. The van der Waals surface area contributed by atoms with Gasteiger partial charge >= 0.3 is 6.03 Å². The Hall–Kier alpha value is -2.82. The number of amides is 3. The van der Waals surface area contributed by atoms with E-state index in [2.05, 4.69) is 31.3 Å². The standard InChI is InChI=1S/C24H31N3O2/c1-3-19(2)27(18-20-10-6-4-7-11-20)23(28)21-14-16-26(17-15-21)24(29)25-22-12-8-5-9-13-22/h4-13,19,21H,3,14-18H2,1-2H3,(H,25,29). The van der Waals surface area contributed by atoms with Crippen LogP contribution in [0.4, 0.5) is 10.5 Å². The van der Waals surface area contributed by atoms with Crippen LogP contribution >= 0.6 is 0 Å². The van der Waals surface area contributed by atoms with E-state index in [-0.39, 0.29) is 23.9 Å². The first kappa shape index (κ1) is 20.9. The second-order valence-corrected chi connectivity index (χ2v) is 7.77. The van der Waals surface area contributed by atoms with E-state index in [1.807, 2.05) is 58.3 Å². The van der Waals surface area contributed by atoms with Gasteiger partial charge in [0.2, 0.25) is 5.91 Å². The molecule has 1 atom stereocenters. The lowest BCUT2D eigenvalue weighted by molar-refractivity contribution is -0.139. The molecule has 1 unspecified atom stereocenters. The first-order chi connectivity index (χ1) is 14.1. The number of benzene rings is 2. The highest BCUT2D eigenvalue weighted by molar-refractivity contribution is 5.89. The quantitative estimate of drug-likeness (QED) is 0.769. The summed E-state index contributed by atoms with van der Waals surface area (Å²) in [6.07, 6.45) is 2.35. The van der Waals surface area contributed by atoms with Gasteiger partial charge in [-0.1, -0.05) is 55.5 Å². The highest BCUT2D eigenvalue weighted by Gasteiger charge is 2.31. The normalized spacial score (nSPS) is 15.6. The summed E-state index contributed by atoms with van der Waals surface area (Å²) in [6.45, 7) is 6.09. The molecule has 0 spiro atoms. The van der Waals surface area contributed by atoms with Crippen LogP contribution in [0.25, 0.3) is 0 Å². The molecule has 2 aromatic rings. The maximum absolute atomic E-state index is 13.3. The van der Waals surface area contributed by atoms with Crippen LogP contribution in [0.5, 0.6) is 0 Å². The molecule has 1 aliphatic heterocycles. The van der Waals surface area contributed by atoms with Crippen LogP contribution in [-0.2, 0) is 11.3 Å². The van der Waals surface area contributed by atoms with E-state index in [0.29, 0.717) is 32.5 Å². The number of likely N-dealkylation sites (tertiary alicyclic amines) is 1. The van der Waals surface area contributed by atoms with Crippen molar-refractivity contribution in [2.24, 2.45) is 5.92 Å². The van der Waals surface area contributed by atoms with E-state index in [1.165, 1.54) is 0 Å². The van der Waals surface area contributed by atoms with Crippen molar-refractivity contribution in [3.8, 4) is 0 Å². The largest absolute Gasteiger partial charge is 0.335 e. The van der Waals surface area contributed by atoms with Crippen molar-refractivity contribution in [3.63, 3.8) is 0 Å². The van der Waals surface area contributed by atoms with E-state index >= 15 is 0 Å². The van der Waals surface area contributed by atoms with Gasteiger partial charge < -0.3 is 15.1 Å². The fraction of sp³-hybridized carbons (Fsp3) is 0.417. The van der Waals surface area contributed by atoms with E-state index in [4.69, 9.17) is 0 Å². The monoisotopic (exact) mass is 393 g/mol. The molecule has 0 aromatic heterocycles. The third kappa shape index (κ3) is 5.59. The number of para-hydroxylation sites is 1. The molecule has 2 aromatic carbocycles. The Balaban J connectivity index is 1.57. The molecule has 1 N–H and O–H groups in total. The molecule has 1 saturated heterocycles. The minimum Gasteiger partial charge on any atom is -0.335 e. The molecule has 29 heavy (non-hydrogen) atoms. The molecular formula is C24H31N3O2. The Kier molecular flexibility index (Phi) is 7.28. The van der Waals surface area contributed by atoms with Crippen molar-refractivity contribution >= 4 is 17.6 Å². The molecule has 5 nitrogen and oxygen atoms in total. The number of urea groups is 1. The molecule has 5 heteroatoms. The van der Waals surface area contributed by atoms with Gasteiger partial charge in [-0.05, 0) is 43.9 Å². The number of hydrogen-bond acceptors (Lipinski definition) is 2. The van der Waals surface area contributed by atoms with Crippen LogP contribution in [0.15, 0.2) is 60.7 Å². The summed E-state index contributed by atoms with van der Waals surface area (Å²) in [5, 5.41) is 2.93. The van der Waals surface area contributed by atoms with Gasteiger partial charge in [0.05, 0.1) is 0 Å². The Morgan fingerprint density at radius 1 is 1.03 bits per heavy atom. The Bertz CT molecular complexity index is 786. The Labute approximate surface area is 173 Å². The number of piperidine rings is 1. The average molecular weight is 394 g/mol. The zero-order chi connectivity index (χ0) is 20.6. The predicted molar refractivity (Wildman–Crippen MR) is 117 cm³/mol. The summed E-state index contributed by atoms with van der Waals surface area (Å²) >= 11 is 0. The van der Waals surface area contributed by atoms with Crippen molar-refractivity contribution < 1.29 is 9.59 Å². The lowest BCUT2D eigenvalue weighted by atomic mass is 9.94. The topological polar surface area (TPSA) is 52.7 Å². The Morgan fingerprint density at radius 2 is 1.62 bits per heavy atom. The van der Waals surface area contributed by atoms with Gasteiger partial charge in [0, 0.05) is 37.3 Å². The van der Waals surface area contributed by atoms with Gasteiger partial charge in [0.1, 0.15) is 0 Å². The van der Waals surface area contributed by atoms with E-state index in [0.717, 1.165) is 17.7 Å². The number of anilines is 1. The second-order valence-electron chi connectivity index (χ2n) is 7.77. The van der Waals surface area contributed by atoms with E-state index in [1.54, 1.807) is 0 Å². The van der Waals surface area contributed by atoms with Gasteiger partial charge in [0.15, 0.2) is 0 Å². The van der Waals surface area contributed by atoms with Gasteiger partial charge in [0.25, 0.3) is 0 Å². The number of nitrogens with one attached hydrogen (secondary N) is 1. The van der Waals surface area contributed by atoms with Gasteiger partial charge in [-0.2, -0.15) is 0 Å². The molecule has 3 rings (SSSR count). The molecule has 3 amide bonds. The third-order valence-electron chi connectivity index (χ3n) is 5.76. The minimum absolute atomic E-state index is 0.0199. The molecule has 1 aliphatic rings. The van der Waals surface area contributed by atoms with Crippen LogP contribution in [0.2, 0.25) is 0 Å². The lowest BCUT2D eigenvalue weighted by Crippen LogP contribution is -2.47. The fourth-order valence-electron chi connectivity index (χ4n) is 3.74. The zero-order valence-electron chi connectivity index (χ0n) is 17.4. The van der Waals surface area contributed by atoms with Crippen molar-refractivity contribution in [3.05, 3.63) is 66.2 Å². The SMILES string of the molecule is CCC(C)N(Cc1ccccc1)C(=O)C1CCN(C(=O)Nc2ccccc2)CC1. The van der Waals surface area contributed by atoms with E-state index in [9.17, 15) is 9.59 Å². The van der Waals surface area contributed by atoms with Crippen LogP contribution in [0, 0.1) is 5.92 Å². The summed E-state index contributed by atoms with van der Waals surface area (Å²) < 4.78 is 0. The average Bonchev–Trinajstić information content (AvgIpc) is 2.78. The summed E-state index contributed by atoms with van der Waals surface area (Å²) in [4.78, 5) is 29.6. The molecule has 154 valence electrons. The summed E-state index contributed by atoms with van der Waals surface area (Å²) in [6, 6.07) is 19.7. The number of hydrogen-bond donors (Lipinski definition) is 1. The van der Waals surface area contributed by atoms with Gasteiger partial charge in [-0.25, -0.2) is 4.79 Å². The summed E-state index contributed by atoms with van der Waals surface area (Å²) in [7, 11) is 0. The maximum Gasteiger partial charge on any atom is 0.321 e. The number of carbonyl (C=O) groups excluding carboxylic acids is 2. The van der Waals surface area contributed by atoms with Crippen LogP contribution in [0.3, 0.4) is 0 Å². The van der Waals surface area contributed by atoms with Crippen molar-refractivity contribution in [2.75, 3.05) is 18.4 Å². The molecule has 0 aliphatic carbocycles. The molecule has 0 radical (unpaired) electrons. The molecule has 1 heterocycles. The number of carbonyl (C=O) groups is 2. The van der Waals surface area contributed by atoms with Crippen LogP contribution < -0.4 is 5.32 Å². The van der Waals surface area contributed by atoms with Crippen LogP contribution in [0.1, 0.15) is 38.7 Å². The first-order valence-corrected chi connectivity index (χ1v) is 10.5. The van der Waals surface area contributed by atoms with E-state index < -0.39 is 0 Å². The molecule has 0 bridgehead atoms. The molecule has 1 fully saturated rings. The smallest absolute Gasteiger partial charge is 0.321 e. The maximum atomic E-state index is 13.3. The highest BCUT2D eigenvalue weighted by Crippen LogP contribution is 2.23. The fourth-order valence-corrected chi connectivity index (χ4v) is 3.74. The van der Waals surface area contributed by atoms with Crippen molar-refractivity contribution in [1.29, 1.82) is 0 Å². The molecule has 0 saturated carbocycles. The van der Waals surface area contributed by atoms with Crippen molar-refractivity contribution in [2.45, 2.75) is 45.7 Å². The molecular weight excluding hydrogens is 362 g/mol. The number of rotatable bonds is 6. The predicted octanol–water partition coefficient (Wildman–Crippen LogP) is 4.76. The van der Waals surface area contributed by atoms with Gasteiger partial charge in [-0.3, -0.25) is 4.79 Å². The lowest BCUT2D eigenvalue weighted by Gasteiger charge is -2.36. The second kappa shape index (κ2) is 10.1. The first-order valence-electron chi connectivity index (χ1n) is 10.5.